The van der Waals surface area contributed by atoms with Gasteiger partial charge in [-0.05, 0) is 18.6 Å². The lowest BCUT2D eigenvalue weighted by molar-refractivity contribution is 0.0915. The van der Waals surface area contributed by atoms with Crippen LogP contribution in [0.25, 0.3) is 0 Å². The summed E-state index contributed by atoms with van der Waals surface area (Å²) in [5.74, 6) is -0.337. The summed E-state index contributed by atoms with van der Waals surface area (Å²) >= 11 is 11.6. The van der Waals surface area contributed by atoms with E-state index >= 15 is 0 Å². The number of amides is 1. The van der Waals surface area contributed by atoms with Crippen molar-refractivity contribution in [2.75, 3.05) is 12.3 Å². The number of hydrogen-bond acceptors (Lipinski definition) is 3. The fraction of sp³-hybridized carbons (Fsp3) is 0.364. The second-order valence-electron chi connectivity index (χ2n) is 3.62. The Kier molecular flexibility index (Phi) is 5.05. The van der Waals surface area contributed by atoms with Gasteiger partial charge in [0, 0.05) is 5.56 Å². The maximum absolute atomic E-state index is 11.8. The maximum Gasteiger partial charge on any atom is 0.251 e. The minimum atomic E-state index is -0.337. The molecule has 4 nitrogen and oxygen atoms in total. The number of benzene rings is 1. The number of aliphatic hydroxyl groups excluding tert-OH is 1. The zero-order valence-electron chi connectivity index (χ0n) is 9.34. The number of carbonyl (C=O) groups is 1. The fourth-order valence-electron chi connectivity index (χ4n) is 1.29. The molecule has 1 aromatic rings. The molecule has 0 radical (unpaired) electrons. The molecular weight excluding hydrogens is 263 g/mol. The monoisotopic (exact) mass is 276 g/mol. The highest BCUT2D eigenvalue weighted by Crippen LogP contribution is 2.29. The van der Waals surface area contributed by atoms with Gasteiger partial charge in [0.25, 0.3) is 5.91 Å². The van der Waals surface area contributed by atoms with Gasteiger partial charge in [0.2, 0.25) is 0 Å². The number of hydrogen-bond donors (Lipinski definition) is 3. The van der Waals surface area contributed by atoms with Crippen LogP contribution >= 0.6 is 23.2 Å². The van der Waals surface area contributed by atoms with Crippen LogP contribution in [0.4, 0.5) is 5.69 Å². The predicted octanol–water partition coefficient (Wildman–Crippen LogP) is 2.08. The minimum absolute atomic E-state index is 0.112. The van der Waals surface area contributed by atoms with Crippen LogP contribution in [-0.4, -0.2) is 23.7 Å². The minimum Gasteiger partial charge on any atom is -0.397 e. The molecule has 6 heteroatoms. The van der Waals surface area contributed by atoms with Gasteiger partial charge in [0.05, 0.1) is 28.4 Å². The van der Waals surface area contributed by atoms with E-state index in [1.54, 1.807) is 0 Å². The van der Waals surface area contributed by atoms with Crippen LogP contribution in [0, 0.1) is 0 Å². The highest BCUT2D eigenvalue weighted by Gasteiger charge is 2.14. The molecule has 1 atom stereocenters. The van der Waals surface area contributed by atoms with Gasteiger partial charge in [-0.25, -0.2) is 0 Å². The van der Waals surface area contributed by atoms with E-state index in [-0.39, 0.29) is 34.3 Å². The normalized spacial score (nSPS) is 12.2. The summed E-state index contributed by atoms with van der Waals surface area (Å²) in [6, 6.07) is 2.62. The summed E-state index contributed by atoms with van der Waals surface area (Å²) < 4.78 is 0. The smallest absolute Gasteiger partial charge is 0.251 e. The molecule has 0 heterocycles. The van der Waals surface area contributed by atoms with Crippen molar-refractivity contribution >= 4 is 34.8 Å². The van der Waals surface area contributed by atoms with Crippen molar-refractivity contribution in [2.45, 2.75) is 19.4 Å². The Morgan fingerprint density at radius 3 is 2.65 bits per heavy atom. The first-order valence-electron chi connectivity index (χ1n) is 5.15. The summed E-state index contributed by atoms with van der Waals surface area (Å²) in [4.78, 5) is 11.8. The zero-order valence-corrected chi connectivity index (χ0v) is 10.8. The molecule has 0 unspecified atom stereocenters. The molecule has 0 aliphatic carbocycles. The average molecular weight is 277 g/mol. The van der Waals surface area contributed by atoms with Crippen molar-refractivity contribution < 1.29 is 9.90 Å². The topological polar surface area (TPSA) is 75.3 Å². The van der Waals surface area contributed by atoms with Gasteiger partial charge in [0.1, 0.15) is 0 Å². The standard InChI is InChI=1S/C11H14Cl2N2O2/c1-2-7(5-16)15-11(17)6-3-8(12)10(13)9(14)4-6/h3-4,7,16H,2,5,14H2,1H3,(H,15,17)/t7-/m0/s1. The lowest BCUT2D eigenvalue weighted by atomic mass is 10.1. The van der Waals surface area contributed by atoms with Crippen LogP contribution < -0.4 is 11.1 Å². The molecule has 1 rings (SSSR count). The quantitative estimate of drug-likeness (QED) is 0.737. The molecule has 0 fully saturated rings. The first-order valence-corrected chi connectivity index (χ1v) is 5.91. The first-order chi connectivity index (χ1) is 7.99. The van der Waals surface area contributed by atoms with Gasteiger partial charge in [-0.3, -0.25) is 4.79 Å². The summed E-state index contributed by atoms with van der Waals surface area (Å²) in [7, 11) is 0. The van der Waals surface area contributed by atoms with Crippen molar-refractivity contribution in [3.8, 4) is 0 Å². The van der Waals surface area contributed by atoms with Gasteiger partial charge in [-0.15, -0.1) is 0 Å². The summed E-state index contributed by atoms with van der Waals surface area (Å²) in [6.45, 7) is 1.75. The van der Waals surface area contributed by atoms with Crippen LogP contribution in [-0.2, 0) is 0 Å². The molecular formula is C11H14Cl2N2O2. The summed E-state index contributed by atoms with van der Waals surface area (Å²) in [5, 5.41) is 12.1. The van der Waals surface area contributed by atoms with Crippen molar-refractivity contribution in [3.63, 3.8) is 0 Å². The van der Waals surface area contributed by atoms with Crippen molar-refractivity contribution in [3.05, 3.63) is 27.7 Å². The lowest BCUT2D eigenvalue weighted by Gasteiger charge is -2.14. The molecule has 0 bridgehead atoms. The van der Waals surface area contributed by atoms with E-state index in [0.29, 0.717) is 12.0 Å². The number of nitrogen functional groups attached to an aromatic ring is 1. The van der Waals surface area contributed by atoms with Crippen LogP contribution in [0.15, 0.2) is 12.1 Å². The molecule has 0 aliphatic rings. The molecule has 94 valence electrons. The van der Waals surface area contributed by atoms with Crippen LogP contribution in [0.3, 0.4) is 0 Å². The highest BCUT2D eigenvalue weighted by molar-refractivity contribution is 6.43. The number of nitrogens with two attached hydrogens (primary N) is 1. The predicted molar refractivity (Wildman–Crippen MR) is 69.5 cm³/mol. The Labute approximate surface area is 110 Å². The van der Waals surface area contributed by atoms with Crippen molar-refractivity contribution in [1.82, 2.24) is 5.32 Å². The molecule has 0 aliphatic heterocycles. The van der Waals surface area contributed by atoms with E-state index in [9.17, 15) is 4.79 Å². The number of aliphatic hydroxyl groups is 1. The van der Waals surface area contributed by atoms with Crippen LogP contribution in [0.2, 0.25) is 10.0 Å². The molecule has 1 amide bonds. The van der Waals surface area contributed by atoms with Crippen LogP contribution in [0.5, 0.6) is 0 Å². The van der Waals surface area contributed by atoms with Crippen molar-refractivity contribution in [1.29, 1.82) is 0 Å². The molecule has 4 N–H and O–H groups in total. The third kappa shape index (κ3) is 3.49. The largest absolute Gasteiger partial charge is 0.397 e. The van der Waals surface area contributed by atoms with E-state index in [1.165, 1.54) is 12.1 Å². The zero-order chi connectivity index (χ0) is 13.0. The molecule has 0 saturated carbocycles. The van der Waals surface area contributed by atoms with E-state index in [2.05, 4.69) is 5.32 Å². The Hall–Kier alpha value is -0.970. The second kappa shape index (κ2) is 6.10. The van der Waals surface area contributed by atoms with Gasteiger partial charge >= 0.3 is 0 Å². The van der Waals surface area contributed by atoms with Gasteiger partial charge in [-0.1, -0.05) is 30.1 Å². The Morgan fingerprint density at radius 2 is 2.18 bits per heavy atom. The molecule has 0 spiro atoms. The SMILES string of the molecule is CC[C@@H](CO)NC(=O)c1cc(N)c(Cl)c(Cl)c1. The van der Waals surface area contributed by atoms with E-state index in [4.69, 9.17) is 34.0 Å². The Morgan fingerprint density at radius 1 is 1.53 bits per heavy atom. The average Bonchev–Trinajstić information content (AvgIpc) is 2.31. The van der Waals surface area contributed by atoms with Gasteiger partial charge in [-0.2, -0.15) is 0 Å². The third-order valence-corrected chi connectivity index (χ3v) is 3.18. The maximum atomic E-state index is 11.8. The molecule has 0 saturated heterocycles. The number of halogens is 2. The molecule has 17 heavy (non-hydrogen) atoms. The number of nitrogens with one attached hydrogen (secondary N) is 1. The molecule has 0 aromatic heterocycles. The summed E-state index contributed by atoms with van der Waals surface area (Å²) in [5.41, 5.74) is 6.18. The van der Waals surface area contributed by atoms with E-state index in [1.807, 2.05) is 6.92 Å². The third-order valence-electron chi connectivity index (χ3n) is 2.37. The number of rotatable bonds is 4. The van der Waals surface area contributed by atoms with E-state index in [0.717, 1.165) is 0 Å². The second-order valence-corrected chi connectivity index (χ2v) is 4.41. The number of carbonyl (C=O) groups excluding carboxylic acids is 1. The molecule has 1 aromatic carbocycles. The Balaban J connectivity index is 2.90. The highest BCUT2D eigenvalue weighted by atomic mass is 35.5. The van der Waals surface area contributed by atoms with Gasteiger partial charge < -0.3 is 16.2 Å². The Bertz CT molecular complexity index is 397. The lowest BCUT2D eigenvalue weighted by Crippen LogP contribution is -2.36. The number of anilines is 1. The van der Waals surface area contributed by atoms with Gasteiger partial charge in [0.15, 0.2) is 0 Å². The fourth-order valence-corrected chi connectivity index (χ4v) is 1.62. The first kappa shape index (κ1) is 14.1. The van der Waals surface area contributed by atoms with Crippen LogP contribution in [0.1, 0.15) is 23.7 Å². The summed E-state index contributed by atoms with van der Waals surface area (Å²) in [6.07, 6.45) is 0.638. The van der Waals surface area contributed by atoms with Crippen molar-refractivity contribution in [2.24, 2.45) is 0 Å². The van der Waals surface area contributed by atoms with E-state index < -0.39 is 0 Å².